The quantitative estimate of drug-likeness (QED) is 0.638. The Hall–Kier alpha value is -1.31. The maximum atomic E-state index is 10.2. The van der Waals surface area contributed by atoms with Gasteiger partial charge < -0.3 is 5.11 Å². The van der Waals surface area contributed by atoms with E-state index in [-0.39, 0.29) is 6.42 Å². The molecule has 0 saturated heterocycles. The number of carboxylic acids is 1. The number of aliphatic carboxylic acids is 1. The van der Waals surface area contributed by atoms with Crippen molar-refractivity contribution in [2.75, 3.05) is 0 Å². The number of rotatable bonds is 6. The van der Waals surface area contributed by atoms with Gasteiger partial charge in [-0.2, -0.15) is 0 Å². The van der Waals surface area contributed by atoms with E-state index in [2.05, 4.69) is 6.58 Å². The molecule has 0 bridgehead atoms. The molecule has 72 valence electrons. The highest BCUT2D eigenvalue weighted by atomic mass is 16.4. The number of carboxylic acid groups (broad SMARTS) is 1. The second-order valence-corrected chi connectivity index (χ2v) is 2.71. The predicted octanol–water partition coefficient (Wildman–Crippen LogP) is 2.93. The average Bonchev–Trinajstić information content (AvgIpc) is 2.10. The normalized spacial score (nSPS) is 11.9. The highest BCUT2D eigenvalue weighted by molar-refractivity contribution is 5.66. The van der Waals surface area contributed by atoms with Crippen molar-refractivity contribution in [1.82, 2.24) is 0 Å². The van der Waals surface area contributed by atoms with Gasteiger partial charge in [-0.25, -0.2) is 0 Å². The van der Waals surface area contributed by atoms with Crippen LogP contribution in [-0.2, 0) is 4.79 Å². The fourth-order valence-corrected chi connectivity index (χ4v) is 0.959. The van der Waals surface area contributed by atoms with Crippen LogP contribution in [0, 0.1) is 0 Å². The highest BCUT2D eigenvalue weighted by Crippen LogP contribution is 2.08. The van der Waals surface area contributed by atoms with Crippen molar-refractivity contribution < 1.29 is 9.90 Å². The lowest BCUT2D eigenvalue weighted by atomic mass is 10.1. The average molecular weight is 180 g/mol. The van der Waals surface area contributed by atoms with Gasteiger partial charge in [-0.1, -0.05) is 36.5 Å². The number of hydrogen-bond acceptors (Lipinski definition) is 1. The van der Waals surface area contributed by atoms with Gasteiger partial charge in [0, 0.05) is 6.42 Å². The Balaban J connectivity index is 3.80. The monoisotopic (exact) mass is 180 g/mol. The van der Waals surface area contributed by atoms with Gasteiger partial charge in [-0.05, 0) is 19.8 Å². The molecular weight excluding hydrogens is 164 g/mol. The standard InChI is InChI=1S/C11H16O2/c1-3-5-7-10(4-2)8-6-9-11(12)13/h3-5,7H,1,6,8-9H2,2H3,(H,12,13)/b7-5-,10-4+. The molecule has 13 heavy (non-hydrogen) atoms. The molecule has 0 fully saturated rings. The van der Waals surface area contributed by atoms with Crippen LogP contribution in [0.3, 0.4) is 0 Å². The van der Waals surface area contributed by atoms with Crippen LogP contribution in [0.15, 0.2) is 36.5 Å². The molecule has 0 aliphatic carbocycles. The molecule has 1 N–H and O–H groups in total. The fourth-order valence-electron chi connectivity index (χ4n) is 0.959. The maximum Gasteiger partial charge on any atom is 0.303 e. The third-order valence-corrected chi connectivity index (χ3v) is 1.67. The van der Waals surface area contributed by atoms with E-state index in [1.165, 1.54) is 0 Å². The van der Waals surface area contributed by atoms with Gasteiger partial charge in [0.05, 0.1) is 0 Å². The van der Waals surface area contributed by atoms with Crippen molar-refractivity contribution in [2.24, 2.45) is 0 Å². The van der Waals surface area contributed by atoms with E-state index in [1.807, 2.05) is 25.2 Å². The second kappa shape index (κ2) is 7.35. The third-order valence-electron chi connectivity index (χ3n) is 1.67. The van der Waals surface area contributed by atoms with Crippen molar-refractivity contribution >= 4 is 5.97 Å². The second-order valence-electron chi connectivity index (χ2n) is 2.71. The van der Waals surface area contributed by atoms with Crippen LogP contribution in [0.2, 0.25) is 0 Å². The van der Waals surface area contributed by atoms with Crippen LogP contribution in [0.1, 0.15) is 26.2 Å². The summed E-state index contributed by atoms with van der Waals surface area (Å²) < 4.78 is 0. The van der Waals surface area contributed by atoms with E-state index < -0.39 is 5.97 Å². The molecule has 0 saturated carbocycles. The van der Waals surface area contributed by atoms with Crippen LogP contribution >= 0.6 is 0 Å². The summed E-state index contributed by atoms with van der Waals surface area (Å²) in [5.41, 5.74) is 1.15. The molecule has 0 heterocycles. The third kappa shape index (κ3) is 7.06. The molecule has 0 aliphatic rings. The summed E-state index contributed by atoms with van der Waals surface area (Å²) in [6.07, 6.45) is 9.25. The first-order valence-electron chi connectivity index (χ1n) is 4.36. The van der Waals surface area contributed by atoms with Gasteiger partial charge >= 0.3 is 5.97 Å². The van der Waals surface area contributed by atoms with Gasteiger partial charge in [0.1, 0.15) is 0 Å². The van der Waals surface area contributed by atoms with E-state index in [1.54, 1.807) is 6.08 Å². The Bertz CT molecular complexity index is 224. The number of carbonyl (C=O) groups is 1. The molecule has 0 spiro atoms. The molecule has 2 heteroatoms. The van der Waals surface area contributed by atoms with Crippen LogP contribution in [0.5, 0.6) is 0 Å². The fraction of sp³-hybridized carbons (Fsp3) is 0.364. The minimum Gasteiger partial charge on any atom is -0.481 e. The lowest BCUT2D eigenvalue weighted by molar-refractivity contribution is -0.137. The predicted molar refractivity (Wildman–Crippen MR) is 54.6 cm³/mol. The summed E-state index contributed by atoms with van der Waals surface area (Å²) >= 11 is 0. The van der Waals surface area contributed by atoms with Crippen molar-refractivity contribution in [3.05, 3.63) is 36.5 Å². The summed E-state index contributed by atoms with van der Waals surface area (Å²) in [6.45, 7) is 5.52. The first kappa shape index (κ1) is 11.7. The molecule has 0 unspecified atom stereocenters. The highest BCUT2D eigenvalue weighted by Gasteiger charge is 1.97. The zero-order chi connectivity index (χ0) is 10.1. The smallest absolute Gasteiger partial charge is 0.303 e. The largest absolute Gasteiger partial charge is 0.481 e. The summed E-state index contributed by atoms with van der Waals surface area (Å²) in [5.74, 6) is -0.733. The molecule has 2 nitrogen and oxygen atoms in total. The van der Waals surface area contributed by atoms with Crippen molar-refractivity contribution in [3.8, 4) is 0 Å². The first-order chi connectivity index (χ1) is 6.20. The van der Waals surface area contributed by atoms with Crippen molar-refractivity contribution in [1.29, 1.82) is 0 Å². The van der Waals surface area contributed by atoms with Crippen LogP contribution in [-0.4, -0.2) is 11.1 Å². The molecule has 0 aliphatic heterocycles. The zero-order valence-electron chi connectivity index (χ0n) is 7.99. The Labute approximate surface area is 79.3 Å². The van der Waals surface area contributed by atoms with E-state index in [0.29, 0.717) is 6.42 Å². The van der Waals surface area contributed by atoms with Gasteiger partial charge in [-0.3, -0.25) is 4.79 Å². The molecule has 0 radical (unpaired) electrons. The first-order valence-corrected chi connectivity index (χ1v) is 4.36. The molecule has 0 atom stereocenters. The minimum atomic E-state index is -0.733. The van der Waals surface area contributed by atoms with Gasteiger partial charge in [0.2, 0.25) is 0 Å². The van der Waals surface area contributed by atoms with E-state index in [4.69, 9.17) is 5.11 Å². The zero-order valence-corrected chi connectivity index (χ0v) is 7.99. The summed E-state index contributed by atoms with van der Waals surface area (Å²) in [6, 6.07) is 0. The van der Waals surface area contributed by atoms with E-state index in [0.717, 1.165) is 12.0 Å². The Morgan fingerprint density at radius 2 is 2.15 bits per heavy atom. The Morgan fingerprint density at radius 3 is 2.62 bits per heavy atom. The van der Waals surface area contributed by atoms with E-state index >= 15 is 0 Å². The topological polar surface area (TPSA) is 37.3 Å². The number of hydrogen-bond donors (Lipinski definition) is 1. The Kier molecular flexibility index (Phi) is 6.60. The lowest BCUT2D eigenvalue weighted by Gasteiger charge is -1.98. The molecule has 0 rings (SSSR count). The maximum absolute atomic E-state index is 10.2. The summed E-state index contributed by atoms with van der Waals surface area (Å²) in [7, 11) is 0. The van der Waals surface area contributed by atoms with Gasteiger partial charge in [-0.15, -0.1) is 0 Å². The Morgan fingerprint density at radius 1 is 1.46 bits per heavy atom. The van der Waals surface area contributed by atoms with E-state index in [9.17, 15) is 4.79 Å². The van der Waals surface area contributed by atoms with Gasteiger partial charge in [0.25, 0.3) is 0 Å². The molecule has 0 aromatic heterocycles. The van der Waals surface area contributed by atoms with Crippen molar-refractivity contribution in [2.45, 2.75) is 26.2 Å². The van der Waals surface area contributed by atoms with Crippen molar-refractivity contribution in [3.63, 3.8) is 0 Å². The summed E-state index contributed by atoms with van der Waals surface area (Å²) in [4.78, 5) is 10.2. The van der Waals surface area contributed by atoms with Crippen LogP contribution < -0.4 is 0 Å². The summed E-state index contributed by atoms with van der Waals surface area (Å²) in [5, 5.41) is 8.42. The molecule has 0 amide bonds. The number of allylic oxidation sites excluding steroid dienone is 5. The lowest BCUT2D eigenvalue weighted by Crippen LogP contribution is -1.93. The van der Waals surface area contributed by atoms with Crippen LogP contribution in [0.4, 0.5) is 0 Å². The molecular formula is C11H16O2. The molecule has 0 aromatic carbocycles. The van der Waals surface area contributed by atoms with Gasteiger partial charge in [0.15, 0.2) is 0 Å². The SMILES string of the molecule is C=C/C=C\C(=C/C)CCCC(=O)O. The molecule has 0 aromatic rings. The minimum absolute atomic E-state index is 0.235. The van der Waals surface area contributed by atoms with Crippen LogP contribution in [0.25, 0.3) is 0 Å².